The Labute approximate surface area is 79.9 Å². The molecule has 0 radical (unpaired) electrons. The maximum atomic E-state index is 9.49. The van der Waals surface area contributed by atoms with E-state index in [0.29, 0.717) is 5.41 Å². The molecule has 1 rings (SSSR count). The highest BCUT2D eigenvalue weighted by Gasteiger charge is 2.45. The number of aliphatic hydroxyl groups excluding tert-OH is 1. The van der Waals surface area contributed by atoms with Crippen molar-refractivity contribution >= 4 is 11.8 Å². The molecule has 1 unspecified atom stereocenters. The first-order valence-electron chi connectivity index (χ1n) is 4.97. The van der Waals surface area contributed by atoms with E-state index in [4.69, 9.17) is 0 Å². The summed E-state index contributed by atoms with van der Waals surface area (Å²) in [4.78, 5) is 0. The second kappa shape index (κ2) is 4.52. The lowest BCUT2D eigenvalue weighted by Gasteiger charge is -2.17. The zero-order chi connectivity index (χ0) is 9.03. The van der Waals surface area contributed by atoms with Crippen molar-refractivity contribution in [3.63, 3.8) is 0 Å². The van der Waals surface area contributed by atoms with Gasteiger partial charge in [0.25, 0.3) is 0 Å². The number of hydrogen-bond donors (Lipinski definition) is 1. The predicted octanol–water partition coefficient (Wildman–Crippen LogP) is 2.68. The molecule has 0 bridgehead atoms. The van der Waals surface area contributed by atoms with Crippen LogP contribution in [0.5, 0.6) is 0 Å². The third kappa shape index (κ3) is 2.67. The maximum Gasteiger partial charge on any atom is 0.0568 e. The normalized spacial score (nSPS) is 22.2. The van der Waals surface area contributed by atoms with E-state index in [1.165, 1.54) is 37.2 Å². The Hall–Kier alpha value is 0.310. The Bertz CT molecular complexity index is 130. The van der Waals surface area contributed by atoms with Gasteiger partial charge in [0.15, 0.2) is 0 Å². The van der Waals surface area contributed by atoms with E-state index in [1.807, 2.05) is 18.7 Å². The monoisotopic (exact) mass is 188 g/mol. The van der Waals surface area contributed by atoms with Crippen LogP contribution in [-0.2, 0) is 0 Å². The van der Waals surface area contributed by atoms with Crippen LogP contribution in [0.3, 0.4) is 0 Å². The van der Waals surface area contributed by atoms with E-state index in [2.05, 4.69) is 6.92 Å². The SMILES string of the molecule is CCSCCCC1(C(C)O)CC1. The first-order chi connectivity index (χ1) is 5.71. The predicted molar refractivity (Wildman–Crippen MR) is 55.6 cm³/mol. The minimum atomic E-state index is -0.0795. The van der Waals surface area contributed by atoms with Gasteiger partial charge in [-0.05, 0) is 49.5 Å². The van der Waals surface area contributed by atoms with Crippen LogP contribution in [-0.4, -0.2) is 22.7 Å². The van der Waals surface area contributed by atoms with Crippen molar-refractivity contribution in [1.82, 2.24) is 0 Å². The lowest BCUT2D eigenvalue weighted by atomic mass is 9.95. The molecule has 1 aliphatic rings. The molecule has 1 aliphatic carbocycles. The molecule has 1 fully saturated rings. The third-order valence-electron chi connectivity index (χ3n) is 2.95. The molecule has 12 heavy (non-hydrogen) atoms. The van der Waals surface area contributed by atoms with Crippen molar-refractivity contribution in [2.75, 3.05) is 11.5 Å². The quantitative estimate of drug-likeness (QED) is 0.647. The average Bonchev–Trinajstić information content (AvgIpc) is 2.79. The van der Waals surface area contributed by atoms with E-state index < -0.39 is 0 Å². The molecule has 0 aromatic rings. The first-order valence-corrected chi connectivity index (χ1v) is 6.12. The van der Waals surface area contributed by atoms with E-state index in [0.717, 1.165) is 0 Å². The lowest BCUT2D eigenvalue weighted by molar-refractivity contribution is 0.104. The summed E-state index contributed by atoms with van der Waals surface area (Å²) < 4.78 is 0. The molecular weight excluding hydrogens is 168 g/mol. The molecule has 1 N–H and O–H groups in total. The molecule has 0 aliphatic heterocycles. The molecule has 1 saturated carbocycles. The Kier molecular flexibility index (Phi) is 3.91. The molecule has 2 heteroatoms. The lowest BCUT2D eigenvalue weighted by Crippen LogP contribution is -2.17. The Balaban J connectivity index is 2.06. The summed E-state index contributed by atoms with van der Waals surface area (Å²) in [6.45, 7) is 4.15. The Morgan fingerprint density at radius 2 is 2.17 bits per heavy atom. The fraction of sp³-hybridized carbons (Fsp3) is 1.00. The Morgan fingerprint density at radius 1 is 1.50 bits per heavy atom. The molecule has 0 amide bonds. The van der Waals surface area contributed by atoms with Crippen LogP contribution < -0.4 is 0 Å². The standard InChI is InChI=1S/C10H20OS/c1-3-12-8-4-5-10(6-7-10)9(2)11/h9,11H,3-8H2,1-2H3. The van der Waals surface area contributed by atoms with Gasteiger partial charge < -0.3 is 5.11 Å². The van der Waals surface area contributed by atoms with Crippen molar-refractivity contribution < 1.29 is 5.11 Å². The minimum Gasteiger partial charge on any atom is -0.393 e. The van der Waals surface area contributed by atoms with Crippen LogP contribution in [0.1, 0.15) is 39.5 Å². The summed E-state index contributed by atoms with van der Waals surface area (Å²) in [5.41, 5.74) is 0.342. The highest BCUT2D eigenvalue weighted by Crippen LogP contribution is 2.52. The highest BCUT2D eigenvalue weighted by atomic mass is 32.2. The van der Waals surface area contributed by atoms with Crippen LogP contribution in [0.4, 0.5) is 0 Å². The third-order valence-corrected chi connectivity index (χ3v) is 3.93. The van der Waals surface area contributed by atoms with Crippen LogP contribution in [0.15, 0.2) is 0 Å². The summed E-state index contributed by atoms with van der Waals surface area (Å²) in [5, 5.41) is 9.49. The molecule has 0 spiro atoms. The Morgan fingerprint density at radius 3 is 2.58 bits per heavy atom. The van der Waals surface area contributed by atoms with Crippen molar-refractivity contribution in [1.29, 1.82) is 0 Å². The van der Waals surface area contributed by atoms with E-state index in [9.17, 15) is 5.11 Å². The summed E-state index contributed by atoms with van der Waals surface area (Å²) in [7, 11) is 0. The van der Waals surface area contributed by atoms with Crippen LogP contribution in [0.2, 0.25) is 0 Å². The molecule has 0 aromatic carbocycles. The number of aliphatic hydroxyl groups is 1. The molecule has 1 nitrogen and oxygen atoms in total. The fourth-order valence-electron chi connectivity index (χ4n) is 1.71. The smallest absolute Gasteiger partial charge is 0.0568 e. The molecule has 72 valence electrons. The highest BCUT2D eigenvalue weighted by molar-refractivity contribution is 7.99. The van der Waals surface area contributed by atoms with Gasteiger partial charge in [-0.15, -0.1) is 0 Å². The van der Waals surface area contributed by atoms with Crippen molar-refractivity contribution in [3.05, 3.63) is 0 Å². The summed E-state index contributed by atoms with van der Waals surface area (Å²) in [6.07, 6.45) is 4.94. The van der Waals surface area contributed by atoms with Gasteiger partial charge in [-0.3, -0.25) is 0 Å². The van der Waals surface area contributed by atoms with Gasteiger partial charge in [-0.1, -0.05) is 6.92 Å². The molecular formula is C10H20OS. The second-order valence-electron chi connectivity index (χ2n) is 3.84. The molecule has 1 atom stereocenters. The molecule has 0 heterocycles. The van der Waals surface area contributed by atoms with Gasteiger partial charge in [0.1, 0.15) is 0 Å². The van der Waals surface area contributed by atoms with Gasteiger partial charge in [0.2, 0.25) is 0 Å². The van der Waals surface area contributed by atoms with Crippen molar-refractivity contribution in [3.8, 4) is 0 Å². The number of hydrogen-bond acceptors (Lipinski definition) is 2. The van der Waals surface area contributed by atoms with Crippen LogP contribution in [0, 0.1) is 5.41 Å². The number of rotatable bonds is 6. The molecule has 0 saturated heterocycles. The van der Waals surface area contributed by atoms with E-state index in [1.54, 1.807) is 0 Å². The van der Waals surface area contributed by atoms with Crippen molar-refractivity contribution in [2.24, 2.45) is 5.41 Å². The number of thioether (sulfide) groups is 1. The van der Waals surface area contributed by atoms with Crippen molar-refractivity contribution in [2.45, 2.75) is 45.6 Å². The summed E-state index contributed by atoms with van der Waals surface area (Å²) in [6, 6.07) is 0. The summed E-state index contributed by atoms with van der Waals surface area (Å²) in [5.74, 6) is 2.49. The minimum absolute atomic E-state index is 0.0795. The van der Waals surface area contributed by atoms with Crippen LogP contribution >= 0.6 is 11.8 Å². The molecule has 0 aromatic heterocycles. The fourth-order valence-corrected chi connectivity index (χ4v) is 2.34. The first kappa shape index (κ1) is 10.4. The maximum absolute atomic E-state index is 9.49. The second-order valence-corrected chi connectivity index (χ2v) is 5.23. The van der Waals surface area contributed by atoms with Gasteiger partial charge in [-0.2, -0.15) is 11.8 Å². The van der Waals surface area contributed by atoms with Crippen LogP contribution in [0.25, 0.3) is 0 Å². The van der Waals surface area contributed by atoms with Gasteiger partial charge in [0.05, 0.1) is 6.10 Å². The van der Waals surface area contributed by atoms with Gasteiger partial charge in [0, 0.05) is 0 Å². The topological polar surface area (TPSA) is 20.2 Å². The van der Waals surface area contributed by atoms with E-state index >= 15 is 0 Å². The van der Waals surface area contributed by atoms with E-state index in [-0.39, 0.29) is 6.10 Å². The largest absolute Gasteiger partial charge is 0.393 e. The average molecular weight is 188 g/mol. The summed E-state index contributed by atoms with van der Waals surface area (Å²) >= 11 is 2.01. The van der Waals surface area contributed by atoms with Gasteiger partial charge in [-0.25, -0.2) is 0 Å². The zero-order valence-corrected chi connectivity index (χ0v) is 8.99. The van der Waals surface area contributed by atoms with Gasteiger partial charge >= 0.3 is 0 Å². The zero-order valence-electron chi connectivity index (χ0n) is 8.18.